The van der Waals surface area contributed by atoms with Gasteiger partial charge in [0.25, 0.3) is 5.91 Å². The average Bonchev–Trinajstić information content (AvgIpc) is 4.04. The summed E-state index contributed by atoms with van der Waals surface area (Å²) in [6.07, 6.45) is 2.69. The van der Waals surface area contributed by atoms with Crippen molar-refractivity contribution in [1.82, 2.24) is 30.6 Å². The Hall–Kier alpha value is -4.61. The lowest BCUT2D eigenvalue weighted by Crippen LogP contribution is -2.62. The first-order valence-electron chi connectivity index (χ1n) is 20.3. The second kappa shape index (κ2) is 16.4. The summed E-state index contributed by atoms with van der Waals surface area (Å²) in [5.74, 6) is -2.78. The van der Waals surface area contributed by atoms with E-state index in [1.54, 1.807) is 32.1 Å². The molecule has 5 amide bonds. The van der Waals surface area contributed by atoms with Crippen LogP contribution in [0.1, 0.15) is 92.9 Å². The zero-order chi connectivity index (χ0) is 43.1. The van der Waals surface area contributed by atoms with Crippen molar-refractivity contribution in [2.45, 2.75) is 133 Å². The third-order valence-corrected chi connectivity index (χ3v) is 14.3. The van der Waals surface area contributed by atoms with Crippen LogP contribution in [0.25, 0.3) is 10.8 Å². The molecule has 0 bridgehead atoms. The number of pyridine rings is 1. The molecule has 4 aliphatic rings. The molecule has 4 N–H and O–H groups in total. The summed E-state index contributed by atoms with van der Waals surface area (Å²) in [5.41, 5.74) is -4.27. The fourth-order valence-corrected chi connectivity index (χ4v) is 9.16. The minimum Gasteiger partial charge on any atom is -0.491 e. The van der Waals surface area contributed by atoms with Gasteiger partial charge in [0.05, 0.1) is 24.1 Å². The topological polar surface area (TPSA) is 185 Å². The number of fused-ring (bicyclic) bond motifs is 3. The predicted molar refractivity (Wildman–Crippen MR) is 213 cm³/mol. The lowest BCUT2D eigenvalue weighted by Gasteiger charge is -2.34. The molecular weight excluding hydrogens is 794 g/mol. The number of carbonyl (C=O) groups is 4. The van der Waals surface area contributed by atoms with Gasteiger partial charge in [-0.05, 0) is 83.6 Å². The van der Waals surface area contributed by atoms with Gasteiger partial charge in [0.1, 0.15) is 35.0 Å². The number of benzene rings is 1. The molecule has 6 rings (SSSR count). The van der Waals surface area contributed by atoms with Gasteiger partial charge in [0.15, 0.2) is 0 Å². The maximum atomic E-state index is 14.8. The van der Waals surface area contributed by atoms with Crippen molar-refractivity contribution in [2.24, 2.45) is 17.8 Å². The highest BCUT2D eigenvalue weighted by atomic mass is 32.2. The van der Waals surface area contributed by atoms with Gasteiger partial charge < -0.3 is 30.3 Å². The Morgan fingerprint density at radius 2 is 1.78 bits per heavy atom. The minimum absolute atomic E-state index is 0.0166. The van der Waals surface area contributed by atoms with E-state index in [0.717, 1.165) is 25.7 Å². The normalized spacial score (nSPS) is 29.1. The van der Waals surface area contributed by atoms with Gasteiger partial charge in [0.2, 0.25) is 27.7 Å². The number of sulfonamides is 1. The van der Waals surface area contributed by atoms with E-state index < -0.39 is 85.8 Å². The van der Waals surface area contributed by atoms with E-state index in [2.05, 4.69) is 20.3 Å². The molecule has 2 aliphatic heterocycles. The number of hydrogen-bond donors (Lipinski definition) is 4. The van der Waals surface area contributed by atoms with Crippen LogP contribution in [0.3, 0.4) is 0 Å². The van der Waals surface area contributed by atoms with Crippen LogP contribution in [0.4, 0.5) is 18.0 Å². The zero-order valence-electron chi connectivity index (χ0n) is 34.3. The fraction of sp³-hybridized carbons (Fsp3) is 0.634. The number of halogens is 3. The number of nitrogens with zero attached hydrogens (tertiary/aromatic N) is 2. The molecule has 3 heterocycles. The van der Waals surface area contributed by atoms with Crippen molar-refractivity contribution >= 4 is 44.5 Å². The predicted octanol–water partition coefficient (Wildman–Crippen LogP) is 5.27. The van der Waals surface area contributed by atoms with Crippen LogP contribution in [0, 0.1) is 17.8 Å². The maximum Gasteiger partial charge on any atom is 0.411 e. The molecule has 0 radical (unpaired) electrons. The summed E-state index contributed by atoms with van der Waals surface area (Å²) in [6.45, 7) is 9.08. The van der Waals surface area contributed by atoms with Crippen LogP contribution in [0.5, 0.6) is 11.6 Å². The van der Waals surface area contributed by atoms with Crippen LogP contribution < -0.4 is 30.1 Å². The molecule has 1 saturated heterocycles. The molecule has 2 saturated carbocycles. The molecule has 1 aromatic heterocycles. The molecular formula is C41H55F3N6O8S. The Labute approximate surface area is 342 Å². The van der Waals surface area contributed by atoms with Gasteiger partial charge in [-0.25, -0.2) is 18.2 Å². The van der Waals surface area contributed by atoms with Crippen molar-refractivity contribution in [3.8, 4) is 11.6 Å². The molecule has 3 fully saturated rings. The van der Waals surface area contributed by atoms with Gasteiger partial charge in [0, 0.05) is 23.1 Å². The zero-order valence-corrected chi connectivity index (χ0v) is 35.1. The van der Waals surface area contributed by atoms with Crippen LogP contribution in [-0.2, 0) is 24.4 Å². The average molecular weight is 849 g/mol. The Bertz CT molecular complexity index is 2090. The quantitative estimate of drug-likeness (QED) is 0.232. The van der Waals surface area contributed by atoms with E-state index >= 15 is 0 Å². The largest absolute Gasteiger partial charge is 0.491 e. The van der Waals surface area contributed by atoms with E-state index in [4.69, 9.17) is 9.47 Å². The van der Waals surface area contributed by atoms with E-state index in [1.165, 1.54) is 11.1 Å². The number of urea groups is 1. The molecule has 2 aliphatic carbocycles. The highest BCUT2D eigenvalue weighted by Gasteiger charge is 2.63. The first-order chi connectivity index (χ1) is 27.6. The van der Waals surface area contributed by atoms with Crippen molar-refractivity contribution in [2.75, 3.05) is 13.2 Å². The summed E-state index contributed by atoms with van der Waals surface area (Å²) in [5, 5.41) is 8.60. The molecule has 0 spiro atoms. The van der Waals surface area contributed by atoms with Gasteiger partial charge in [-0.2, -0.15) is 13.2 Å². The molecule has 14 nitrogen and oxygen atoms in total. The molecule has 7 atom stereocenters. The highest BCUT2D eigenvalue weighted by molar-refractivity contribution is 7.91. The Balaban J connectivity index is 1.35. The third-order valence-electron chi connectivity index (χ3n) is 12.1. The monoisotopic (exact) mass is 848 g/mol. The Morgan fingerprint density at radius 3 is 2.44 bits per heavy atom. The standard InChI is InChI=1S/C41H55F3N6O8S/c1-7-18-57-31-22-45-34(29-15-11-10-14-28(29)31)58-27-20-30-33(51)47-40(36(53)49-59(55,56)39(6)16-17-39)21-26(40)13-9-8-12-24(2)19-25(3)32(35(52)50(30)23-27)46-37(54)48-38(4,5)41(42,43)44/h9-11,13-15,22,24-27,30,32H,7-8,12,16-21,23H2,1-6H3,(H,47,51)(H,49,53)(H2,46,48,54)/b13-9-/t24-,25+,26?,27+,30-,32-,40+/m0/s1. The van der Waals surface area contributed by atoms with Gasteiger partial charge in [-0.3, -0.25) is 19.1 Å². The SMILES string of the molecule is CCCOc1cnc(O[C@@H]2C[C@H]3C(=O)N[C@]4(C(=O)NS(=O)(=O)C5(C)CC5)CC4/C=C\CC[C@H](C)C[C@@H](C)[C@H](NC(=O)NC(C)(C)C(F)(F)F)C(=O)N3C2)c2ccccc12. The van der Waals surface area contributed by atoms with Crippen molar-refractivity contribution in [1.29, 1.82) is 0 Å². The molecule has 18 heteroatoms. The van der Waals surface area contributed by atoms with Crippen molar-refractivity contribution in [3.05, 3.63) is 42.6 Å². The first-order valence-corrected chi connectivity index (χ1v) is 21.8. The van der Waals surface area contributed by atoms with E-state index in [9.17, 15) is 40.8 Å². The Kier molecular flexibility index (Phi) is 12.3. The van der Waals surface area contributed by atoms with Crippen LogP contribution in [0.15, 0.2) is 42.6 Å². The summed E-state index contributed by atoms with van der Waals surface area (Å²) in [6, 6.07) is 3.39. The fourth-order valence-electron chi connectivity index (χ4n) is 7.85. The molecule has 2 aromatic rings. The molecule has 1 unspecified atom stereocenters. The first kappa shape index (κ1) is 44.0. The summed E-state index contributed by atoms with van der Waals surface area (Å²) in [7, 11) is -4.07. The Morgan fingerprint density at radius 1 is 1.08 bits per heavy atom. The summed E-state index contributed by atoms with van der Waals surface area (Å²) >= 11 is 0. The smallest absolute Gasteiger partial charge is 0.411 e. The van der Waals surface area contributed by atoms with Crippen molar-refractivity contribution < 1.29 is 50.2 Å². The molecule has 324 valence electrons. The third kappa shape index (κ3) is 9.26. The number of amides is 5. The second-order valence-corrected chi connectivity index (χ2v) is 19.7. The maximum absolute atomic E-state index is 14.8. The number of alkyl halides is 3. The number of carbonyl (C=O) groups excluding carboxylic acids is 4. The van der Waals surface area contributed by atoms with Gasteiger partial charge >= 0.3 is 12.2 Å². The molecule has 59 heavy (non-hydrogen) atoms. The van der Waals surface area contributed by atoms with E-state index in [1.807, 2.05) is 37.4 Å². The highest BCUT2D eigenvalue weighted by Crippen LogP contribution is 2.48. The number of allylic oxidation sites excluding steroid dienone is 1. The van der Waals surface area contributed by atoms with Crippen molar-refractivity contribution in [3.63, 3.8) is 0 Å². The lowest BCUT2D eigenvalue weighted by atomic mass is 9.88. The van der Waals surface area contributed by atoms with Crippen LogP contribution in [-0.4, -0.2) is 95.4 Å². The van der Waals surface area contributed by atoms with E-state index in [-0.39, 0.29) is 31.2 Å². The minimum atomic E-state index is -4.80. The summed E-state index contributed by atoms with van der Waals surface area (Å²) in [4.78, 5) is 62.3. The van der Waals surface area contributed by atoms with Gasteiger partial charge in [-0.1, -0.05) is 51.1 Å². The second-order valence-electron chi connectivity index (χ2n) is 17.5. The number of ether oxygens (including phenoxy) is 2. The lowest BCUT2D eigenvalue weighted by molar-refractivity contribution is -0.182. The number of aromatic nitrogens is 1. The summed E-state index contributed by atoms with van der Waals surface area (Å²) < 4.78 is 81.3. The van der Waals surface area contributed by atoms with Gasteiger partial charge in [-0.15, -0.1) is 0 Å². The number of nitrogens with one attached hydrogen (secondary N) is 4. The molecule has 1 aromatic carbocycles. The number of hydrogen-bond acceptors (Lipinski definition) is 9. The van der Waals surface area contributed by atoms with Crippen LogP contribution in [0.2, 0.25) is 0 Å². The number of rotatable bonds is 10. The van der Waals surface area contributed by atoms with E-state index in [0.29, 0.717) is 49.8 Å². The van der Waals surface area contributed by atoms with Crippen LogP contribution >= 0.6 is 0 Å².